The molecule has 0 aliphatic heterocycles. The molecule has 0 fully saturated rings. The molecule has 0 amide bonds. The Bertz CT molecular complexity index is 675. The summed E-state index contributed by atoms with van der Waals surface area (Å²) >= 11 is 4.97. The van der Waals surface area contributed by atoms with Crippen molar-refractivity contribution in [3.63, 3.8) is 0 Å². The number of methoxy groups -OCH3 is 2. The minimum absolute atomic E-state index is 0.308. The van der Waals surface area contributed by atoms with Crippen molar-refractivity contribution in [2.24, 2.45) is 5.73 Å². The Morgan fingerprint density at radius 2 is 1.43 bits per heavy atom. The topological polar surface area (TPSA) is 62.9 Å². The molecule has 2 aromatic rings. The van der Waals surface area contributed by atoms with E-state index >= 15 is 0 Å². The third-order valence-electron chi connectivity index (χ3n) is 3.12. The van der Waals surface area contributed by atoms with Gasteiger partial charge in [0.2, 0.25) is 0 Å². The molecule has 0 bridgehead atoms. The predicted molar refractivity (Wildman–Crippen MR) is 92.9 cm³/mol. The number of hydrogen-bond acceptors (Lipinski definition) is 5. The molecular weight excluding hydrogens is 314 g/mol. The lowest BCUT2D eigenvalue weighted by atomic mass is 10.2. The van der Waals surface area contributed by atoms with Crippen LogP contribution in [-0.2, 0) is 0 Å². The van der Waals surface area contributed by atoms with Crippen LogP contribution in [0.5, 0.6) is 23.0 Å². The summed E-state index contributed by atoms with van der Waals surface area (Å²) in [7, 11) is 3.18. The Morgan fingerprint density at radius 3 is 2.04 bits per heavy atom. The maximum absolute atomic E-state index is 5.71. The molecule has 5 nitrogen and oxygen atoms in total. The summed E-state index contributed by atoms with van der Waals surface area (Å²) in [6.07, 6.45) is 0. The number of benzene rings is 2. The van der Waals surface area contributed by atoms with Gasteiger partial charge in [-0.15, -0.1) is 0 Å². The van der Waals surface area contributed by atoms with Crippen molar-refractivity contribution >= 4 is 17.2 Å². The molecule has 2 aromatic carbocycles. The summed E-state index contributed by atoms with van der Waals surface area (Å²) < 4.78 is 21.9. The van der Waals surface area contributed by atoms with Crippen LogP contribution < -0.4 is 24.7 Å². The maximum Gasteiger partial charge on any atom is 0.162 e. The predicted octanol–water partition coefficient (Wildman–Crippen LogP) is 2.80. The van der Waals surface area contributed by atoms with E-state index in [1.165, 1.54) is 0 Å². The number of thiocarbonyl (C=S) groups is 1. The van der Waals surface area contributed by atoms with Crippen LogP contribution in [0.1, 0.15) is 5.56 Å². The summed E-state index contributed by atoms with van der Waals surface area (Å²) in [6.45, 7) is 0.704. The van der Waals surface area contributed by atoms with Crippen molar-refractivity contribution in [2.75, 3.05) is 27.4 Å². The molecule has 2 rings (SSSR count). The van der Waals surface area contributed by atoms with Gasteiger partial charge in [-0.05, 0) is 30.3 Å². The first-order chi connectivity index (χ1) is 11.2. The SMILES string of the molecule is COc1ccccc1OCCOc1cc(C(N)=S)ccc1OC. The van der Waals surface area contributed by atoms with E-state index in [1.54, 1.807) is 32.4 Å². The molecule has 2 N–H and O–H groups in total. The van der Waals surface area contributed by atoms with Gasteiger partial charge in [-0.1, -0.05) is 24.4 Å². The van der Waals surface area contributed by atoms with E-state index in [-0.39, 0.29) is 0 Å². The second-order valence-corrected chi connectivity index (χ2v) is 5.02. The van der Waals surface area contributed by atoms with E-state index < -0.39 is 0 Å². The molecule has 23 heavy (non-hydrogen) atoms. The van der Waals surface area contributed by atoms with Gasteiger partial charge >= 0.3 is 0 Å². The van der Waals surface area contributed by atoms with Gasteiger partial charge in [-0.25, -0.2) is 0 Å². The summed E-state index contributed by atoms with van der Waals surface area (Å²) in [6, 6.07) is 12.8. The van der Waals surface area contributed by atoms with Crippen molar-refractivity contribution in [3.05, 3.63) is 48.0 Å². The molecule has 122 valence electrons. The first kappa shape index (κ1) is 16.9. The number of hydrogen-bond donors (Lipinski definition) is 1. The van der Waals surface area contributed by atoms with Crippen molar-refractivity contribution in [2.45, 2.75) is 0 Å². The molecule has 0 saturated carbocycles. The van der Waals surface area contributed by atoms with E-state index in [0.29, 0.717) is 41.2 Å². The zero-order valence-corrected chi connectivity index (χ0v) is 13.9. The second kappa shape index (κ2) is 8.24. The van der Waals surface area contributed by atoms with E-state index in [4.69, 9.17) is 36.9 Å². The van der Waals surface area contributed by atoms with Crippen LogP contribution in [0.4, 0.5) is 0 Å². The van der Waals surface area contributed by atoms with Gasteiger partial charge in [0.25, 0.3) is 0 Å². The first-order valence-electron chi connectivity index (χ1n) is 7.02. The lowest BCUT2D eigenvalue weighted by Crippen LogP contribution is -2.12. The fourth-order valence-corrected chi connectivity index (χ4v) is 2.11. The molecule has 6 heteroatoms. The van der Waals surface area contributed by atoms with E-state index in [1.807, 2.05) is 24.3 Å². The van der Waals surface area contributed by atoms with Crippen molar-refractivity contribution in [1.29, 1.82) is 0 Å². The second-order valence-electron chi connectivity index (χ2n) is 4.58. The highest BCUT2D eigenvalue weighted by Crippen LogP contribution is 2.28. The van der Waals surface area contributed by atoms with E-state index in [9.17, 15) is 0 Å². The highest BCUT2D eigenvalue weighted by atomic mass is 32.1. The van der Waals surface area contributed by atoms with E-state index in [2.05, 4.69) is 0 Å². The zero-order valence-electron chi connectivity index (χ0n) is 13.1. The zero-order chi connectivity index (χ0) is 16.7. The number of nitrogens with two attached hydrogens (primary N) is 1. The summed E-state index contributed by atoms with van der Waals surface area (Å²) in [5.74, 6) is 2.53. The molecule has 0 unspecified atom stereocenters. The fourth-order valence-electron chi connectivity index (χ4n) is 1.98. The third-order valence-corrected chi connectivity index (χ3v) is 3.35. The average Bonchev–Trinajstić information content (AvgIpc) is 2.58. The largest absolute Gasteiger partial charge is 0.493 e. The van der Waals surface area contributed by atoms with Crippen LogP contribution in [0.2, 0.25) is 0 Å². The number of ether oxygens (including phenoxy) is 4. The minimum Gasteiger partial charge on any atom is -0.493 e. The molecule has 0 atom stereocenters. The highest BCUT2D eigenvalue weighted by molar-refractivity contribution is 7.80. The van der Waals surface area contributed by atoms with Crippen LogP contribution in [-0.4, -0.2) is 32.4 Å². The molecule has 0 aromatic heterocycles. The summed E-state index contributed by atoms with van der Waals surface area (Å²) in [5, 5.41) is 0. The van der Waals surface area contributed by atoms with Crippen LogP contribution in [0.3, 0.4) is 0 Å². The normalized spacial score (nSPS) is 10.0. The van der Waals surface area contributed by atoms with Crippen LogP contribution in [0.25, 0.3) is 0 Å². The third kappa shape index (κ3) is 4.50. The number of para-hydroxylation sites is 2. The average molecular weight is 333 g/mol. The summed E-state index contributed by atoms with van der Waals surface area (Å²) in [5.41, 5.74) is 6.36. The molecule has 0 spiro atoms. The van der Waals surface area contributed by atoms with Crippen LogP contribution in [0, 0.1) is 0 Å². The Hall–Kier alpha value is -2.47. The van der Waals surface area contributed by atoms with Crippen LogP contribution >= 0.6 is 12.2 Å². The van der Waals surface area contributed by atoms with Crippen molar-refractivity contribution in [1.82, 2.24) is 0 Å². The first-order valence-corrected chi connectivity index (χ1v) is 7.43. The van der Waals surface area contributed by atoms with Crippen LogP contribution in [0.15, 0.2) is 42.5 Å². The standard InChI is InChI=1S/C17H19NO4S/c1-19-13-5-3-4-6-15(13)21-9-10-22-16-11-12(17(18)23)7-8-14(16)20-2/h3-8,11H,9-10H2,1-2H3,(H2,18,23). The minimum atomic E-state index is 0.308. The van der Waals surface area contributed by atoms with Gasteiger partial charge in [0.1, 0.15) is 18.2 Å². The van der Waals surface area contributed by atoms with Gasteiger partial charge in [0.15, 0.2) is 23.0 Å². The van der Waals surface area contributed by atoms with Gasteiger partial charge < -0.3 is 24.7 Å². The van der Waals surface area contributed by atoms with Crippen molar-refractivity contribution in [3.8, 4) is 23.0 Å². The maximum atomic E-state index is 5.71. The lowest BCUT2D eigenvalue weighted by molar-refractivity contribution is 0.206. The monoisotopic (exact) mass is 333 g/mol. The van der Waals surface area contributed by atoms with Gasteiger partial charge in [0, 0.05) is 5.56 Å². The Kier molecular flexibility index (Phi) is 6.05. The fraction of sp³-hybridized carbons (Fsp3) is 0.235. The Morgan fingerprint density at radius 1 is 0.870 bits per heavy atom. The quantitative estimate of drug-likeness (QED) is 0.592. The Labute approximate surface area is 140 Å². The molecule has 0 radical (unpaired) electrons. The van der Waals surface area contributed by atoms with Gasteiger partial charge in [-0.3, -0.25) is 0 Å². The van der Waals surface area contributed by atoms with Crippen molar-refractivity contribution < 1.29 is 18.9 Å². The van der Waals surface area contributed by atoms with Gasteiger partial charge in [-0.2, -0.15) is 0 Å². The Balaban J connectivity index is 1.95. The summed E-state index contributed by atoms with van der Waals surface area (Å²) in [4.78, 5) is 0.308. The van der Waals surface area contributed by atoms with Gasteiger partial charge in [0.05, 0.1) is 14.2 Å². The molecular formula is C17H19NO4S. The molecule has 0 aliphatic rings. The molecule has 0 saturated heterocycles. The van der Waals surface area contributed by atoms with E-state index in [0.717, 1.165) is 5.56 Å². The lowest BCUT2D eigenvalue weighted by Gasteiger charge is -2.13. The number of rotatable bonds is 8. The molecule has 0 aliphatic carbocycles. The highest BCUT2D eigenvalue weighted by Gasteiger charge is 2.08. The molecule has 0 heterocycles. The smallest absolute Gasteiger partial charge is 0.162 e.